The monoisotopic (exact) mass is 324 g/mol. The molecule has 1 amide bonds. The number of nitrogens with zero attached hydrogens (tertiary/aromatic N) is 1. The van der Waals surface area contributed by atoms with E-state index >= 15 is 0 Å². The normalized spacial score (nSPS) is 13.3. The maximum absolute atomic E-state index is 12.1. The molecular weight excluding hydrogens is 304 g/mol. The van der Waals surface area contributed by atoms with Gasteiger partial charge in [-0.2, -0.15) is 5.10 Å². The second-order valence-corrected chi connectivity index (χ2v) is 6.64. The molecular formula is C19H20N2O3. The number of rotatable bonds is 3. The maximum atomic E-state index is 12.1. The summed E-state index contributed by atoms with van der Waals surface area (Å²) in [6.45, 7) is 6.64. The largest absolute Gasteiger partial charge is 0.454 e. The van der Waals surface area contributed by atoms with Gasteiger partial charge in [-0.05, 0) is 46.9 Å². The van der Waals surface area contributed by atoms with Gasteiger partial charge in [-0.1, -0.05) is 32.9 Å². The zero-order chi connectivity index (χ0) is 17.2. The Morgan fingerprint density at radius 2 is 1.79 bits per heavy atom. The van der Waals surface area contributed by atoms with Crippen LogP contribution in [0.3, 0.4) is 0 Å². The summed E-state index contributed by atoms with van der Waals surface area (Å²) in [7, 11) is 0. The van der Waals surface area contributed by atoms with Crippen molar-refractivity contribution >= 4 is 12.1 Å². The van der Waals surface area contributed by atoms with Gasteiger partial charge in [-0.3, -0.25) is 4.79 Å². The van der Waals surface area contributed by atoms with Crippen LogP contribution in [0.2, 0.25) is 0 Å². The Kier molecular flexibility index (Phi) is 4.25. The molecule has 5 nitrogen and oxygen atoms in total. The van der Waals surface area contributed by atoms with Crippen LogP contribution >= 0.6 is 0 Å². The third kappa shape index (κ3) is 3.56. The number of hydrazone groups is 1. The van der Waals surface area contributed by atoms with Gasteiger partial charge >= 0.3 is 0 Å². The molecule has 1 aliphatic heterocycles. The molecule has 0 aliphatic carbocycles. The molecule has 124 valence electrons. The average molecular weight is 324 g/mol. The third-order valence-corrected chi connectivity index (χ3v) is 3.79. The first-order valence-corrected chi connectivity index (χ1v) is 7.77. The Balaban J connectivity index is 1.63. The van der Waals surface area contributed by atoms with Crippen molar-refractivity contribution in [3.8, 4) is 11.5 Å². The zero-order valence-corrected chi connectivity index (χ0v) is 14.0. The highest BCUT2D eigenvalue weighted by Crippen LogP contribution is 2.31. The SMILES string of the molecule is CC(C)(C)c1ccc(C(=O)N/N=C\c2ccc3c(c2)OCO3)cc1. The molecule has 0 spiro atoms. The molecule has 0 saturated heterocycles. The molecule has 1 heterocycles. The highest BCUT2D eigenvalue weighted by atomic mass is 16.7. The van der Waals surface area contributed by atoms with E-state index in [9.17, 15) is 4.79 Å². The molecule has 0 saturated carbocycles. The van der Waals surface area contributed by atoms with Gasteiger partial charge in [0.15, 0.2) is 11.5 Å². The van der Waals surface area contributed by atoms with Gasteiger partial charge in [0, 0.05) is 5.56 Å². The molecule has 1 aliphatic rings. The lowest BCUT2D eigenvalue weighted by atomic mass is 9.87. The number of nitrogens with one attached hydrogen (secondary N) is 1. The van der Waals surface area contributed by atoms with Crippen molar-refractivity contribution in [3.05, 3.63) is 59.2 Å². The van der Waals surface area contributed by atoms with E-state index in [2.05, 4.69) is 31.3 Å². The van der Waals surface area contributed by atoms with Crippen LogP contribution in [-0.2, 0) is 5.41 Å². The van der Waals surface area contributed by atoms with Crippen molar-refractivity contribution in [1.82, 2.24) is 5.43 Å². The summed E-state index contributed by atoms with van der Waals surface area (Å²) < 4.78 is 10.6. The van der Waals surface area contributed by atoms with Crippen molar-refractivity contribution < 1.29 is 14.3 Å². The molecule has 0 radical (unpaired) electrons. The lowest BCUT2D eigenvalue weighted by Gasteiger charge is -2.18. The molecule has 3 rings (SSSR count). The van der Waals surface area contributed by atoms with E-state index in [0.717, 1.165) is 11.3 Å². The standard InChI is InChI=1S/C19H20N2O3/c1-19(2,3)15-7-5-14(6-8-15)18(22)21-20-11-13-4-9-16-17(10-13)24-12-23-16/h4-11H,12H2,1-3H3,(H,21,22)/b20-11-. The number of hydrogen-bond acceptors (Lipinski definition) is 4. The Bertz CT molecular complexity index is 774. The summed E-state index contributed by atoms with van der Waals surface area (Å²) in [6.07, 6.45) is 1.57. The second kappa shape index (κ2) is 6.35. The first kappa shape index (κ1) is 16.1. The van der Waals surface area contributed by atoms with Crippen LogP contribution in [0.5, 0.6) is 11.5 Å². The average Bonchev–Trinajstić information content (AvgIpc) is 3.02. The fourth-order valence-electron chi connectivity index (χ4n) is 2.35. The molecule has 0 atom stereocenters. The van der Waals surface area contributed by atoms with Gasteiger partial charge in [0.2, 0.25) is 6.79 Å². The minimum absolute atomic E-state index is 0.0620. The van der Waals surface area contributed by atoms with E-state index in [1.54, 1.807) is 6.21 Å². The second-order valence-electron chi connectivity index (χ2n) is 6.64. The smallest absolute Gasteiger partial charge is 0.271 e. The summed E-state index contributed by atoms with van der Waals surface area (Å²) in [4.78, 5) is 12.1. The van der Waals surface area contributed by atoms with E-state index in [-0.39, 0.29) is 18.1 Å². The molecule has 2 aromatic carbocycles. The van der Waals surface area contributed by atoms with Crippen LogP contribution in [0.1, 0.15) is 42.3 Å². The van der Waals surface area contributed by atoms with Crippen LogP contribution in [0.4, 0.5) is 0 Å². The third-order valence-electron chi connectivity index (χ3n) is 3.79. The summed E-state index contributed by atoms with van der Waals surface area (Å²) in [6, 6.07) is 13.0. The summed E-state index contributed by atoms with van der Waals surface area (Å²) in [5.41, 5.74) is 5.17. The van der Waals surface area contributed by atoms with E-state index in [0.29, 0.717) is 11.3 Å². The molecule has 0 unspecified atom stereocenters. The molecule has 24 heavy (non-hydrogen) atoms. The van der Waals surface area contributed by atoms with Crippen LogP contribution in [0.15, 0.2) is 47.6 Å². The molecule has 1 N–H and O–H groups in total. The fourth-order valence-corrected chi connectivity index (χ4v) is 2.35. The van der Waals surface area contributed by atoms with Crippen molar-refractivity contribution in [3.63, 3.8) is 0 Å². The minimum atomic E-state index is -0.243. The van der Waals surface area contributed by atoms with Crippen molar-refractivity contribution in [2.24, 2.45) is 5.10 Å². The van der Waals surface area contributed by atoms with E-state index in [4.69, 9.17) is 9.47 Å². The number of fused-ring (bicyclic) bond motifs is 1. The quantitative estimate of drug-likeness (QED) is 0.694. The predicted octanol–water partition coefficient (Wildman–Crippen LogP) is 3.48. The minimum Gasteiger partial charge on any atom is -0.454 e. The highest BCUT2D eigenvalue weighted by molar-refractivity contribution is 5.95. The van der Waals surface area contributed by atoms with Gasteiger partial charge in [0.05, 0.1) is 6.21 Å². The molecule has 2 aromatic rings. The predicted molar refractivity (Wildman–Crippen MR) is 92.8 cm³/mol. The number of amides is 1. The number of carbonyl (C=O) groups is 1. The lowest BCUT2D eigenvalue weighted by Crippen LogP contribution is -2.18. The van der Waals surface area contributed by atoms with Crippen molar-refractivity contribution in [2.75, 3.05) is 6.79 Å². The van der Waals surface area contributed by atoms with Gasteiger partial charge in [-0.15, -0.1) is 0 Å². The Labute approximate surface area is 141 Å². The maximum Gasteiger partial charge on any atom is 0.271 e. The topological polar surface area (TPSA) is 59.9 Å². The number of benzene rings is 2. The first-order valence-electron chi connectivity index (χ1n) is 7.77. The zero-order valence-electron chi connectivity index (χ0n) is 14.0. The van der Waals surface area contributed by atoms with Crippen molar-refractivity contribution in [2.45, 2.75) is 26.2 Å². The van der Waals surface area contributed by atoms with Gasteiger partial charge < -0.3 is 9.47 Å². The number of ether oxygens (including phenoxy) is 2. The van der Waals surface area contributed by atoms with Crippen LogP contribution in [0, 0.1) is 0 Å². The first-order chi connectivity index (χ1) is 11.4. The van der Waals surface area contributed by atoms with E-state index in [1.807, 2.05) is 42.5 Å². The van der Waals surface area contributed by atoms with E-state index in [1.165, 1.54) is 5.56 Å². The lowest BCUT2D eigenvalue weighted by molar-refractivity contribution is 0.0955. The highest BCUT2D eigenvalue weighted by Gasteiger charge is 2.14. The summed E-state index contributed by atoms with van der Waals surface area (Å²) in [5.74, 6) is 1.16. The van der Waals surface area contributed by atoms with E-state index < -0.39 is 0 Å². The fraction of sp³-hybridized carbons (Fsp3) is 0.263. The molecule has 0 bridgehead atoms. The van der Waals surface area contributed by atoms with Crippen LogP contribution < -0.4 is 14.9 Å². The Morgan fingerprint density at radius 3 is 2.50 bits per heavy atom. The Hall–Kier alpha value is -2.82. The van der Waals surface area contributed by atoms with Gasteiger partial charge in [0.25, 0.3) is 5.91 Å². The van der Waals surface area contributed by atoms with Gasteiger partial charge in [-0.25, -0.2) is 5.43 Å². The van der Waals surface area contributed by atoms with Crippen LogP contribution in [0.25, 0.3) is 0 Å². The number of hydrogen-bond donors (Lipinski definition) is 1. The van der Waals surface area contributed by atoms with Crippen LogP contribution in [-0.4, -0.2) is 18.9 Å². The van der Waals surface area contributed by atoms with Gasteiger partial charge in [0.1, 0.15) is 0 Å². The number of carbonyl (C=O) groups excluding carboxylic acids is 1. The molecule has 0 aromatic heterocycles. The summed E-state index contributed by atoms with van der Waals surface area (Å²) in [5, 5.41) is 3.99. The Morgan fingerprint density at radius 1 is 1.08 bits per heavy atom. The summed E-state index contributed by atoms with van der Waals surface area (Å²) >= 11 is 0. The molecule has 0 fully saturated rings. The molecule has 5 heteroatoms. The van der Waals surface area contributed by atoms with Crippen molar-refractivity contribution in [1.29, 1.82) is 0 Å².